The molecular weight excluding hydrogens is 269 g/mol. The average Bonchev–Trinajstić information content (AvgIpc) is 2.75. The molecule has 1 saturated carbocycles. The fourth-order valence-corrected chi connectivity index (χ4v) is 4.00. The van der Waals surface area contributed by atoms with E-state index in [4.69, 9.17) is 5.11 Å². The van der Waals surface area contributed by atoms with Gasteiger partial charge < -0.3 is 5.11 Å². The number of rotatable bonds is 4. The molecule has 1 aliphatic rings. The van der Waals surface area contributed by atoms with Gasteiger partial charge in [0, 0.05) is 11.1 Å². The topological polar surface area (TPSA) is 66.4 Å². The highest BCUT2D eigenvalue weighted by Crippen LogP contribution is 2.30. The van der Waals surface area contributed by atoms with Crippen LogP contribution in [0.5, 0.6) is 0 Å². The molecule has 0 spiro atoms. The smallest absolute Gasteiger partial charge is 0.241 e. The van der Waals surface area contributed by atoms with Gasteiger partial charge in [-0.2, -0.15) is 0 Å². The van der Waals surface area contributed by atoms with E-state index in [2.05, 4.69) is 4.72 Å². The molecule has 1 aromatic rings. The maximum Gasteiger partial charge on any atom is 0.241 e. The lowest BCUT2D eigenvalue weighted by Crippen LogP contribution is -2.43. The molecule has 19 heavy (non-hydrogen) atoms. The molecule has 1 fully saturated rings. The van der Waals surface area contributed by atoms with Crippen LogP contribution in [0.3, 0.4) is 0 Å². The summed E-state index contributed by atoms with van der Waals surface area (Å²) in [4.78, 5) is -0.00826. The Hall–Kier alpha value is -0.980. The van der Waals surface area contributed by atoms with Crippen molar-refractivity contribution < 1.29 is 17.9 Å². The standard InChI is InChI=1S/C13H18FNO3S/c1-13(6-2-3-7-13)15-19(17,18)11-4-5-12(14)10(8-11)9-16/h4-5,8,15-16H,2-3,6-7,9H2,1H3. The zero-order chi connectivity index (χ0) is 14.1. The van der Waals surface area contributed by atoms with Crippen LogP contribution in [0.25, 0.3) is 0 Å². The molecule has 2 rings (SSSR count). The van der Waals surface area contributed by atoms with Crippen molar-refractivity contribution in [3.8, 4) is 0 Å². The van der Waals surface area contributed by atoms with Crippen LogP contribution in [-0.4, -0.2) is 19.1 Å². The van der Waals surface area contributed by atoms with Crippen LogP contribution in [0.4, 0.5) is 4.39 Å². The van der Waals surface area contributed by atoms with Crippen molar-refractivity contribution in [2.75, 3.05) is 0 Å². The minimum absolute atomic E-state index is 0.00826. The first-order valence-corrected chi connectivity index (χ1v) is 7.78. The van der Waals surface area contributed by atoms with Crippen molar-refractivity contribution in [1.29, 1.82) is 0 Å². The van der Waals surface area contributed by atoms with Crippen LogP contribution in [0, 0.1) is 5.82 Å². The third kappa shape index (κ3) is 3.13. The molecule has 0 radical (unpaired) electrons. The third-order valence-electron chi connectivity index (χ3n) is 3.59. The van der Waals surface area contributed by atoms with E-state index in [0.29, 0.717) is 0 Å². The van der Waals surface area contributed by atoms with Gasteiger partial charge in [-0.25, -0.2) is 17.5 Å². The number of aliphatic hydroxyl groups is 1. The molecule has 0 unspecified atom stereocenters. The van der Waals surface area contributed by atoms with Crippen LogP contribution in [0.15, 0.2) is 23.1 Å². The molecule has 0 aliphatic heterocycles. The van der Waals surface area contributed by atoms with E-state index in [9.17, 15) is 12.8 Å². The number of halogens is 1. The fourth-order valence-electron chi connectivity index (χ4n) is 2.48. The van der Waals surface area contributed by atoms with E-state index >= 15 is 0 Å². The summed E-state index contributed by atoms with van der Waals surface area (Å²) in [7, 11) is -3.68. The molecule has 0 atom stereocenters. The molecule has 2 N–H and O–H groups in total. The van der Waals surface area contributed by atoms with Crippen LogP contribution < -0.4 is 4.72 Å². The van der Waals surface area contributed by atoms with Gasteiger partial charge in [0.25, 0.3) is 0 Å². The molecule has 0 amide bonds. The van der Waals surface area contributed by atoms with E-state index in [1.165, 1.54) is 12.1 Å². The monoisotopic (exact) mass is 287 g/mol. The predicted octanol–water partition coefficient (Wildman–Crippen LogP) is 1.93. The average molecular weight is 287 g/mol. The molecule has 0 saturated heterocycles. The Morgan fingerprint density at radius 2 is 2.00 bits per heavy atom. The molecule has 1 aliphatic carbocycles. The summed E-state index contributed by atoms with van der Waals surface area (Å²) >= 11 is 0. The Morgan fingerprint density at radius 1 is 1.37 bits per heavy atom. The van der Waals surface area contributed by atoms with Gasteiger partial charge in [0.1, 0.15) is 5.82 Å². The Labute approximate surface area is 112 Å². The second kappa shape index (κ2) is 5.19. The SMILES string of the molecule is CC1(NS(=O)(=O)c2ccc(F)c(CO)c2)CCCC1. The first-order chi connectivity index (χ1) is 8.86. The van der Waals surface area contributed by atoms with E-state index in [-0.39, 0.29) is 10.5 Å². The van der Waals surface area contributed by atoms with Gasteiger partial charge in [-0.05, 0) is 38.0 Å². The van der Waals surface area contributed by atoms with Crippen LogP contribution in [0.2, 0.25) is 0 Å². The van der Waals surface area contributed by atoms with E-state index in [0.717, 1.165) is 31.7 Å². The number of nitrogens with one attached hydrogen (secondary N) is 1. The molecule has 1 aromatic carbocycles. The quantitative estimate of drug-likeness (QED) is 0.889. The van der Waals surface area contributed by atoms with Gasteiger partial charge in [0.15, 0.2) is 0 Å². The van der Waals surface area contributed by atoms with Crippen molar-refractivity contribution in [2.24, 2.45) is 0 Å². The van der Waals surface area contributed by atoms with Crippen LogP contribution >= 0.6 is 0 Å². The molecular formula is C13H18FNO3S. The number of benzene rings is 1. The molecule has 106 valence electrons. The first kappa shape index (κ1) is 14.4. The minimum Gasteiger partial charge on any atom is -0.392 e. The highest BCUT2D eigenvalue weighted by molar-refractivity contribution is 7.89. The Kier molecular flexibility index (Phi) is 3.94. The van der Waals surface area contributed by atoms with Crippen LogP contribution in [-0.2, 0) is 16.6 Å². The maximum absolute atomic E-state index is 13.3. The summed E-state index contributed by atoms with van der Waals surface area (Å²) in [5.41, 5.74) is -0.438. The lowest BCUT2D eigenvalue weighted by molar-refractivity contribution is 0.275. The van der Waals surface area contributed by atoms with Crippen molar-refractivity contribution in [3.63, 3.8) is 0 Å². The van der Waals surface area contributed by atoms with Crippen molar-refractivity contribution in [1.82, 2.24) is 4.72 Å². The van der Waals surface area contributed by atoms with Crippen molar-refractivity contribution >= 4 is 10.0 Å². The maximum atomic E-state index is 13.3. The highest BCUT2D eigenvalue weighted by atomic mass is 32.2. The van der Waals surface area contributed by atoms with Crippen LogP contribution in [0.1, 0.15) is 38.2 Å². The summed E-state index contributed by atoms with van der Waals surface area (Å²) in [6.07, 6.45) is 3.62. The van der Waals surface area contributed by atoms with Gasteiger partial charge in [-0.1, -0.05) is 12.8 Å². The minimum atomic E-state index is -3.68. The summed E-state index contributed by atoms with van der Waals surface area (Å²) in [5, 5.41) is 8.99. The zero-order valence-electron chi connectivity index (χ0n) is 10.8. The summed E-state index contributed by atoms with van der Waals surface area (Å²) in [6.45, 7) is 1.36. The van der Waals surface area contributed by atoms with Gasteiger partial charge >= 0.3 is 0 Å². The number of hydrogen-bond donors (Lipinski definition) is 2. The van der Waals surface area contributed by atoms with E-state index < -0.39 is 28.0 Å². The number of aliphatic hydroxyl groups excluding tert-OH is 1. The highest BCUT2D eigenvalue weighted by Gasteiger charge is 2.33. The van der Waals surface area contributed by atoms with Gasteiger partial charge in [0.2, 0.25) is 10.0 Å². The van der Waals surface area contributed by atoms with Gasteiger partial charge in [-0.15, -0.1) is 0 Å². The largest absolute Gasteiger partial charge is 0.392 e. The fraction of sp³-hybridized carbons (Fsp3) is 0.538. The van der Waals surface area contributed by atoms with E-state index in [1.54, 1.807) is 0 Å². The Bertz CT molecular complexity index is 565. The summed E-state index contributed by atoms with van der Waals surface area (Å²) in [5.74, 6) is -0.603. The molecule has 0 bridgehead atoms. The summed E-state index contributed by atoms with van der Waals surface area (Å²) < 4.78 is 40.5. The lowest BCUT2D eigenvalue weighted by Gasteiger charge is -2.25. The number of sulfonamides is 1. The second-order valence-corrected chi connectivity index (χ2v) is 6.97. The lowest BCUT2D eigenvalue weighted by atomic mass is 10.0. The molecule has 0 heterocycles. The molecule has 6 heteroatoms. The van der Waals surface area contributed by atoms with Crippen molar-refractivity contribution in [2.45, 2.75) is 49.6 Å². The predicted molar refractivity (Wildman–Crippen MR) is 69.5 cm³/mol. The van der Waals surface area contributed by atoms with Crippen molar-refractivity contribution in [3.05, 3.63) is 29.6 Å². The van der Waals surface area contributed by atoms with E-state index in [1.807, 2.05) is 6.92 Å². The summed E-state index contributed by atoms with van der Waals surface area (Å²) in [6, 6.07) is 3.46. The normalized spacial score (nSPS) is 18.7. The first-order valence-electron chi connectivity index (χ1n) is 6.30. The Balaban J connectivity index is 2.29. The van der Waals surface area contributed by atoms with Gasteiger partial charge in [-0.3, -0.25) is 0 Å². The zero-order valence-corrected chi connectivity index (χ0v) is 11.6. The molecule has 0 aromatic heterocycles. The third-order valence-corrected chi connectivity index (χ3v) is 5.22. The van der Waals surface area contributed by atoms with Gasteiger partial charge in [0.05, 0.1) is 11.5 Å². The Morgan fingerprint density at radius 3 is 2.58 bits per heavy atom. The number of hydrogen-bond acceptors (Lipinski definition) is 3. The molecule has 4 nitrogen and oxygen atoms in total. The second-order valence-electron chi connectivity index (χ2n) is 5.28.